The number of carbonyl (C=O) groups is 1. The molecule has 0 bridgehead atoms. The zero-order valence-corrected chi connectivity index (χ0v) is 16.1. The van der Waals surface area contributed by atoms with Crippen LogP contribution in [0.3, 0.4) is 0 Å². The van der Waals surface area contributed by atoms with Crippen molar-refractivity contribution in [3.05, 3.63) is 52.9 Å². The fraction of sp³-hybridized carbons (Fsp3) is 0.333. The van der Waals surface area contributed by atoms with E-state index in [1.165, 1.54) is 23.7 Å². The van der Waals surface area contributed by atoms with Crippen molar-refractivity contribution in [3.63, 3.8) is 0 Å². The second kappa shape index (κ2) is 8.55. The minimum atomic E-state index is -3.76. The molecule has 2 heterocycles. The fourth-order valence-corrected chi connectivity index (χ4v) is 4.24. The SMILES string of the molecule is COc1ccccc1NC(=O)Cn1cc(S(=O)(=O)N2CCOCC2)ccc1=O. The van der Waals surface area contributed by atoms with Crippen LogP contribution in [0.4, 0.5) is 5.69 Å². The molecule has 0 unspecified atom stereocenters. The van der Waals surface area contributed by atoms with E-state index in [0.717, 1.165) is 10.6 Å². The molecule has 0 spiro atoms. The lowest BCUT2D eigenvalue weighted by Crippen LogP contribution is -2.41. The van der Waals surface area contributed by atoms with Gasteiger partial charge in [-0.3, -0.25) is 9.59 Å². The van der Waals surface area contributed by atoms with E-state index in [1.54, 1.807) is 24.3 Å². The minimum Gasteiger partial charge on any atom is -0.495 e. The Hall–Kier alpha value is -2.69. The first-order valence-electron chi connectivity index (χ1n) is 8.63. The number of anilines is 1. The van der Waals surface area contributed by atoms with Crippen LogP contribution in [0.5, 0.6) is 5.75 Å². The topological polar surface area (TPSA) is 107 Å². The number of hydrogen-bond donors (Lipinski definition) is 1. The van der Waals surface area contributed by atoms with Gasteiger partial charge in [0.25, 0.3) is 5.56 Å². The molecule has 1 aromatic heterocycles. The molecule has 3 rings (SSSR count). The van der Waals surface area contributed by atoms with E-state index < -0.39 is 21.5 Å². The molecule has 2 aromatic rings. The molecule has 0 aliphatic carbocycles. The number of pyridine rings is 1. The van der Waals surface area contributed by atoms with Gasteiger partial charge in [0.05, 0.1) is 30.9 Å². The number of sulfonamides is 1. The highest BCUT2D eigenvalue weighted by Gasteiger charge is 2.27. The van der Waals surface area contributed by atoms with Gasteiger partial charge in [-0.1, -0.05) is 12.1 Å². The van der Waals surface area contributed by atoms with E-state index in [2.05, 4.69) is 5.32 Å². The highest BCUT2D eigenvalue weighted by molar-refractivity contribution is 7.89. The third kappa shape index (κ3) is 4.41. The Morgan fingerprint density at radius 1 is 1.18 bits per heavy atom. The van der Waals surface area contributed by atoms with Gasteiger partial charge in [-0.25, -0.2) is 8.42 Å². The summed E-state index contributed by atoms with van der Waals surface area (Å²) in [5, 5.41) is 2.66. The summed E-state index contributed by atoms with van der Waals surface area (Å²) in [6.07, 6.45) is 1.19. The second-order valence-electron chi connectivity index (χ2n) is 6.10. The Morgan fingerprint density at radius 3 is 2.61 bits per heavy atom. The van der Waals surface area contributed by atoms with E-state index in [0.29, 0.717) is 24.7 Å². The van der Waals surface area contributed by atoms with Crippen LogP contribution in [0.1, 0.15) is 0 Å². The molecular formula is C18H21N3O6S. The predicted molar refractivity (Wildman–Crippen MR) is 102 cm³/mol. The number of ether oxygens (including phenoxy) is 2. The first-order chi connectivity index (χ1) is 13.4. The number of morpholine rings is 1. The number of para-hydroxylation sites is 2. The van der Waals surface area contributed by atoms with Crippen LogP contribution < -0.4 is 15.6 Å². The predicted octanol–water partition coefficient (Wildman–Crippen LogP) is 0.516. The highest BCUT2D eigenvalue weighted by atomic mass is 32.2. The molecule has 0 radical (unpaired) electrons. The number of carbonyl (C=O) groups excluding carboxylic acids is 1. The molecule has 1 amide bonds. The minimum absolute atomic E-state index is 0.0425. The van der Waals surface area contributed by atoms with Crippen molar-refractivity contribution in [1.82, 2.24) is 8.87 Å². The van der Waals surface area contributed by atoms with Gasteiger partial charge in [-0.15, -0.1) is 0 Å². The molecule has 10 heteroatoms. The number of nitrogens with zero attached hydrogens (tertiary/aromatic N) is 2. The standard InChI is InChI=1S/C18H21N3O6S/c1-26-16-5-3-2-4-15(16)19-17(22)13-20-12-14(6-7-18(20)23)28(24,25)21-8-10-27-11-9-21/h2-7,12H,8-11,13H2,1H3,(H,19,22). The van der Waals surface area contributed by atoms with Crippen LogP contribution >= 0.6 is 0 Å². The maximum atomic E-state index is 12.7. The molecule has 28 heavy (non-hydrogen) atoms. The summed E-state index contributed by atoms with van der Waals surface area (Å²) in [5.41, 5.74) is -0.0174. The molecule has 1 N–H and O–H groups in total. The van der Waals surface area contributed by atoms with Crippen molar-refractivity contribution in [1.29, 1.82) is 0 Å². The summed E-state index contributed by atoms with van der Waals surface area (Å²) in [4.78, 5) is 24.4. The molecule has 0 saturated carbocycles. The number of methoxy groups -OCH3 is 1. The zero-order valence-electron chi connectivity index (χ0n) is 15.3. The normalized spacial score (nSPS) is 15.2. The molecule has 1 saturated heterocycles. The number of nitrogens with one attached hydrogen (secondary N) is 1. The maximum absolute atomic E-state index is 12.7. The third-order valence-corrected chi connectivity index (χ3v) is 6.14. The Bertz CT molecular complexity index is 1010. The molecule has 1 aromatic carbocycles. The second-order valence-corrected chi connectivity index (χ2v) is 8.03. The first kappa shape index (κ1) is 20.1. The van der Waals surface area contributed by atoms with Crippen LogP contribution in [0.15, 0.2) is 52.3 Å². The van der Waals surface area contributed by atoms with Gasteiger partial charge >= 0.3 is 0 Å². The lowest BCUT2D eigenvalue weighted by molar-refractivity contribution is -0.116. The lowest BCUT2D eigenvalue weighted by Gasteiger charge is -2.26. The van der Waals surface area contributed by atoms with Crippen LogP contribution in [0.25, 0.3) is 0 Å². The number of amides is 1. The molecule has 0 atom stereocenters. The van der Waals surface area contributed by atoms with Crippen LogP contribution in [-0.4, -0.2) is 56.6 Å². The molecular weight excluding hydrogens is 386 g/mol. The van der Waals surface area contributed by atoms with Crippen LogP contribution in [0, 0.1) is 0 Å². The number of hydrogen-bond acceptors (Lipinski definition) is 6. The molecule has 1 aliphatic rings. The summed E-state index contributed by atoms with van der Waals surface area (Å²) < 4.78 is 38.2. The quantitative estimate of drug-likeness (QED) is 0.748. The molecule has 150 valence electrons. The monoisotopic (exact) mass is 407 g/mol. The van der Waals surface area contributed by atoms with E-state index in [4.69, 9.17) is 9.47 Å². The van der Waals surface area contributed by atoms with E-state index in [9.17, 15) is 18.0 Å². The fourth-order valence-electron chi connectivity index (χ4n) is 2.81. The van der Waals surface area contributed by atoms with E-state index in [1.807, 2.05) is 0 Å². The van der Waals surface area contributed by atoms with Crippen molar-refractivity contribution < 1.29 is 22.7 Å². The Morgan fingerprint density at radius 2 is 1.89 bits per heavy atom. The van der Waals surface area contributed by atoms with Crippen LogP contribution in [-0.2, 0) is 26.1 Å². The van der Waals surface area contributed by atoms with Crippen molar-refractivity contribution >= 4 is 21.6 Å². The van der Waals surface area contributed by atoms with Gasteiger partial charge in [-0.05, 0) is 18.2 Å². The van der Waals surface area contributed by atoms with Gasteiger partial charge in [0, 0.05) is 25.4 Å². The van der Waals surface area contributed by atoms with Crippen molar-refractivity contribution in [2.24, 2.45) is 0 Å². The maximum Gasteiger partial charge on any atom is 0.251 e. The zero-order chi connectivity index (χ0) is 20.1. The van der Waals surface area contributed by atoms with Crippen molar-refractivity contribution in [3.8, 4) is 5.75 Å². The summed E-state index contributed by atoms with van der Waals surface area (Å²) in [6.45, 7) is 0.801. The van der Waals surface area contributed by atoms with Crippen LogP contribution in [0.2, 0.25) is 0 Å². The van der Waals surface area contributed by atoms with Crippen molar-refractivity contribution in [2.75, 3.05) is 38.7 Å². The Balaban J connectivity index is 1.80. The summed E-state index contributed by atoms with van der Waals surface area (Å²) in [7, 11) is -2.28. The molecule has 1 fully saturated rings. The number of rotatable bonds is 6. The number of aromatic nitrogens is 1. The van der Waals surface area contributed by atoms with E-state index in [-0.39, 0.29) is 24.5 Å². The number of benzene rings is 1. The van der Waals surface area contributed by atoms with Crippen molar-refractivity contribution in [2.45, 2.75) is 11.4 Å². The first-order valence-corrected chi connectivity index (χ1v) is 10.1. The van der Waals surface area contributed by atoms with Gasteiger partial charge < -0.3 is 19.4 Å². The van der Waals surface area contributed by atoms with Gasteiger partial charge in [0.1, 0.15) is 12.3 Å². The van der Waals surface area contributed by atoms with Gasteiger partial charge in [-0.2, -0.15) is 4.31 Å². The average molecular weight is 407 g/mol. The van der Waals surface area contributed by atoms with E-state index >= 15 is 0 Å². The average Bonchev–Trinajstić information content (AvgIpc) is 2.70. The Kier molecular flexibility index (Phi) is 6.12. The van der Waals surface area contributed by atoms with Gasteiger partial charge in [0.15, 0.2) is 0 Å². The molecule has 1 aliphatic heterocycles. The highest BCUT2D eigenvalue weighted by Crippen LogP contribution is 2.23. The summed E-state index contributed by atoms with van der Waals surface area (Å²) in [6, 6.07) is 9.25. The molecule has 9 nitrogen and oxygen atoms in total. The summed E-state index contributed by atoms with van der Waals surface area (Å²) >= 11 is 0. The smallest absolute Gasteiger partial charge is 0.251 e. The Labute approximate surface area is 162 Å². The summed E-state index contributed by atoms with van der Waals surface area (Å²) in [5.74, 6) is -0.000590. The third-order valence-electron chi connectivity index (χ3n) is 4.26. The lowest BCUT2D eigenvalue weighted by atomic mass is 10.3. The van der Waals surface area contributed by atoms with Gasteiger partial charge in [0.2, 0.25) is 15.9 Å². The largest absolute Gasteiger partial charge is 0.495 e.